The molecule has 7 heteroatoms. The fraction of sp³-hybridized carbons (Fsp3) is 0.588. The largest absolute Gasteiger partial charge is 0.478 e. The summed E-state index contributed by atoms with van der Waals surface area (Å²) in [6.45, 7) is 3.09. The Morgan fingerprint density at radius 3 is 2.58 bits per heavy atom. The average molecular weight is 352 g/mol. The molecule has 1 fully saturated rings. The van der Waals surface area contributed by atoms with Gasteiger partial charge in [-0.25, -0.2) is 17.9 Å². The SMILES string of the molecule is O=C(O)c1cc2c(c(S(=O)(=O)NCCN3CCCCC3)c1)CCC2. The van der Waals surface area contributed by atoms with Gasteiger partial charge in [-0.05, 0) is 68.5 Å². The van der Waals surface area contributed by atoms with E-state index in [1.165, 1.54) is 25.3 Å². The van der Waals surface area contributed by atoms with E-state index in [-0.39, 0.29) is 10.5 Å². The fourth-order valence-electron chi connectivity index (χ4n) is 3.63. The van der Waals surface area contributed by atoms with E-state index in [1.807, 2.05) is 0 Å². The minimum Gasteiger partial charge on any atom is -0.478 e. The van der Waals surface area contributed by atoms with Crippen LogP contribution in [0.3, 0.4) is 0 Å². The van der Waals surface area contributed by atoms with E-state index < -0.39 is 16.0 Å². The summed E-state index contributed by atoms with van der Waals surface area (Å²) < 4.78 is 28.0. The Hall–Kier alpha value is -1.44. The first kappa shape index (κ1) is 17.4. The van der Waals surface area contributed by atoms with Crippen LogP contribution in [0.25, 0.3) is 0 Å². The highest BCUT2D eigenvalue weighted by Crippen LogP contribution is 2.30. The van der Waals surface area contributed by atoms with Crippen LogP contribution in [0.15, 0.2) is 17.0 Å². The van der Waals surface area contributed by atoms with Gasteiger partial charge in [-0.1, -0.05) is 6.42 Å². The highest BCUT2D eigenvalue weighted by Gasteiger charge is 2.26. The van der Waals surface area contributed by atoms with Crippen molar-refractivity contribution in [2.45, 2.75) is 43.4 Å². The summed E-state index contributed by atoms with van der Waals surface area (Å²) in [6.07, 6.45) is 5.89. The van der Waals surface area contributed by atoms with Crippen molar-refractivity contribution >= 4 is 16.0 Å². The lowest BCUT2D eigenvalue weighted by Crippen LogP contribution is -2.37. The maximum atomic E-state index is 12.7. The van der Waals surface area contributed by atoms with Crippen LogP contribution in [0.5, 0.6) is 0 Å². The molecule has 1 aliphatic carbocycles. The van der Waals surface area contributed by atoms with Gasteiger partial charge in [-0.3, -0.25) is 0 Å². The molecule has 1 aromatic rings. The average Bonchev–Trinajstić information content (AvgIpc) is 3.03. The number of hydrogen-bond acceptors (Lipinski definition) is 4. The maximum absolute atomic E-state index is 12.7. The van der Waals surface area contributed by atoms with Crippen LogP contribution in [0, 0.1) is 0 Å². The van der Waals surface area contributed by atoms with Crippen molar-refractivity contribution < 1.29 is 18.3 Å². The number of benzene rings is 1. The lowest BCUT2D eigenvalue weighted by atomic mass is 10.1. The number of hydrogen-bond donors (Lipinski definition) is 2. The lowest BCUT2D eigenvalue weighted by molar-refractivity contribution is 0.0696. The number of carbonyl (C=O) groups is 1. The molecule has 0 saturated carbocycles. The molecule has 1 saturated heterocycles. The quantitative estimate of drug-likeness (QED) is 0.813. The molecule has 0 bridgehead atoms. The van der Waals surface area contributed by atoms with Gasteiger partial charge in [0.05, 0.1) is 10.5 Å². The first-order valence-electron chi connectivity index (χ1n) is 8.58. The van der Waals surface area contributed by atoms with Crippen LogP contribution >= 0.6 is 0 Å². The first-order chi connectivity index (χ1) is 11.5. The van der Waals surface area contributed by atoms with E-state index in [4.69, 9.17) is 0 Å². The standard InChI is InChI=1S/C17H24N2O4S/c20-17(21)14-11-13-5-4-6-15(13)16(12-14)24(22,23)18-7-10-19-8-2-1-3-9-19/h11-12,18H,1-10H2,(H,20,21). The normalized spacial score (nSPS) is 18.5. The molecule has 1 heterocycles. The van der Waals surface area contributed by atoms with Gasteiger partial charge < -0.3 is 10.0 Å². The number of nitrogens with one attached hydrogen (secondary N) is 1. The Morgan fingerprint density at radius 2 is 1.88 bits per heavy atom. The molecule has 0 atom stereocenters. The number of aromatic carboxylic acids is 1. The summed E-state index contributed by atoms with van der Waals surface area (Å²) in [7, 11) is -3.68. The van der Waals surface area contributed by atoms with Gasteiger partial charge in [-0.15, -0.1) is 0 Å². The summed E-state index contributed by atoms with van der Waals surface area (Å²) in [5.41, 5.74) is 1.68. The van der Waals surface area contributed by atoms with Gasteiger partial charge in [0.2, 0.25) is 10.0 Å². The smallest absolute Gasteiger partial charge is 0.335 e. The first-order valence-corrected chi connectivity index (χ1v) is 10.1. The number of carboxylic acids is 1. The summed E-state index contributed by atoms with van der Waals surface area (Å²) in [6, 6.07) is 2.91. The van der Waals surface area contributed by atoms with Crippen LogP contribution in [-0.2, 0) is 22.9 Å². The van der Waals surface area contributed by atoms with E-state index >= 15 is 0 Å². The van der Waals surface area contributed by atoms with Crippen LogP contribution in [0.4, 0.5) is 0 Å². The van der Waals surface area contributed by atoms with Crippen molar-refractivity contribution in [2.24, 2.45) is 0 Å². The van der Waals surface area contributed by atoms with Gasteiger partial charge >= 0.3 is 5.97 Å². The molecule has 1 aliphatic heterocycles. The van der Waals surface area contributed by atoms with E-state index in [0.29, 0.717) is 19.5 Å². The molecule has 132 valence electrons. The van der Waals surface area contributed by atoms with Crippen molar-refractivity contribution in [2.75, 3.05) is 26.2 Å². The zero-order chi connectivity index (χ0) is 17.2. The minimum absolute atomic E-state index is 0.0482. The van der Waals surface area contributed by atoms with Gasteiger partial charge in [0.25, 0.3) is 0 Å². The fourth-order valence-corrected chi connectivity index (χ4v) is 4.98. The number of fused-ring (bicyclic) bond motifs is 1. The molecular weight excluding hydrogens is 328 g/mol. The molecule has 0 spiro atoms. The Morgan fingerprint density at radius 1 is 1.12 bits per heavy atom. The molecule has 0 unspecified atom stereocenters. The summed E-state index contributed by atoms with van der Waals surface area (Å²) in [5.74, 6) is -1.09. The van der Waals surface area contributed by atoms with E-state index in [9.17, 15) is 18.3 Å². The third-order valence-corrected chi connectivity index (χ3v) is 6.41. The van der Waals surface area contributed by atoms with Crippen molar-refractivity contribution in [1.82, 2.24) is 9.62 Å². The molecule has 0 radical (unpaired) electrons. The molecule has 1 aromatic carbocycles. The summed E-state index contributed by atoms with van der Waals surface area (Å²) in [4.78, 5) is 13.7. The molecule has 24 heavy (non-hydrogen) atoms. The van der Waals surface area contributed by atoms with E-state index in [1.54, 1.807) is 6.07 Å². The molecular formula is C17H24N2O4S. The molecule has 3 rings (SSSR count). The van der Waals surface area contributed by atoms with Gasteiger partial charge in [0.15, 0.2) is 0 Å². The minimum atomic E-state index is -3.68. The number of nitrogens with zero attached hydrogens (tertiary/aromatic N) is 1. The van der Waals surface area contributed by atoms with E-state index in [2.05, 4.69) is 9.62 Å². The summed E-state index contributed by atoms with van der Waals surface area (Å²) >= 11 is 0. The molecule has 6 nitrogen and oxygen atoms in total. The van der Waals surface area contributed by atoms with Crippen LogP contribution < -0.4 is 4.72 Å². The highest BCUT2D eigenvalue weighted by molar-refractivity contribution is 7.89. The number of carboxylic acid groups (broad SMARTS) is 1. The molecule has 0 amide bonds. The number of aryl methyl sites for hydroxylation is 1. The van der Waals surface area contributed by atoms with Gasteiger partial charge in [0, 0.05) is 13.1 Å². The predicted octanol–water partition coefficient (Wildman–Crippen LogP) is 1.64. The van der Waals surface area contributed by atoms with Crippen molar-refractivity contribution in [1.29, 1.82) is 0 Å². The second kappa shape index (κ2) is 7.21. The van der Waals surface area contributed by atoms with Gasteiger partial charge in [0.1, 0.15) is 0 Å². The third-order valence-electron chi connectivity index (χ3n) is 4.88. The molecule has 2 N–H and O–H groups in total. The second-order valence-corrected chi connectivity index (χ2v) is 8.31. The number of piperidine rings is 1. The topological polar surface area (TPSA) is 86.7 Å². The Balaban J connectivity index is 1.75. The Kier molecular flexibility index (Phi) is 5.22. The van der Waals surface area contributed by atoms with Crippen molar-refractivity contribution in [3.8, 4) is 0 Å². The highest BCUT2D eigenvalue weighted by atomic mass is 32.2. The predicted molar refractivity (Wildman–Crippen MR) is 90.9 cm³/mol. The third kappa shape index (κ3) is 3.79. The monoisotopic (exact) mass is 352 g/mol. The van der Waals surface area contributed by atoms with E-state index in [0.717, 1.165) is 37.1 Å². The maximum Gasteiger partial charge on any atom is 0.335 e. The number of rotatable bonds is 6. The van der Waals surface area contributed by atoms with Crippen molar-refractivity contribution in [3.63, 3.8) is 0 Å². The molecule has 0 aromatic heterocycles. The van der Waals surface area contributed by atoms with Crippen molar-refractivity contribution in [3.05, 3.63) is 28.8 Å². The van der Waals surface area contributed by atoms with Crippen LogP contribution in [0.2, 0.25) is 0 Å². The number of sulfonamides is 1. The molecule has 2 aliphatic rings. The van der Waals surface area contributed by atoms with Crippen LogP contribution in [0.1, 0.15) is 47.2 Å². The lowest BCUT2D eigenvalue weighted by Gasteiger charge is -2.26. The zero-order valence-corrected chi connectivity index (χ0v) is 14.6. The Labute approximate surface area is 142 Å². The second-order valence-electron chi connectivity index (χ2n) is 6.57. The number of likely N-dealkylation sites (tertiary alicyclic amines) is 1. The zero-order valence-electron chi connectivity index (χ0n) is 13.8. The summed E-state index contributed by atoms with van der Waals surface area (Å²) in [5, 5.41) is 9.23. The van der Waals surface area contributed by atoms with Crippen LogP contribution in [-0.4, -0.2) is 50.6 Å². The Bertz CT molecular complexity index is 724. The van der Waals surface area contributed by atoms with Gasteiger partial charge in [-0.2, -0.15) is 0 Å².